The monoisotopic (exact) mass is 257 g/mol. The van der Waals surface area contributed by atoms with E-state index in [1.807, 2.05) is 6.92 Å². The van der Waals surface area contributed by atoms with Crippen LogP contribution in [0.15, 0.2) is 36.8 Å². The van der Waals surface area contributed by atoms with Gasteiger partial charge in [-0.1, -0.05) is 0 Å². The fourth-order valence-corrected chi connectivity index (χ4v) is 1.52. The molecule has 0 aliphatic rings. The molecule has 2 aromatic heterocycles. The minimum atomic E-state index is -1.17. The lowest BCUT2D eigenvalue weighted by Gasteiger charge is -2.05. The van der Waals surface area contributed by atoms with Gasteiger partial charge in [0.1, 0.15) is 5.69 Å². The maximum Gasteiger partial charge on any atom is 0.354 e. The minimum absolute atomic E-state index is 0.171. The predicted octanol–water partition coefficient (Wildman–Crippen LogP) is 1.74. The summed E-state index contributed by atoms with van der Waals surface area (Å²) in [6.07, 6.45) is 4.47. The molecule has 1 amide bonds. The van der Waals surface area contributed by atoms with Crippen molar-refractivity contribution in [2.24, 2.45) is 0 Å². The van der Waals surface area contributed by atoms with Crippen molar-refractivity contribution in [3.05, 3.63) is 53.6 Å². The van der Waals surface area contributed by atoms with Crippen LogP contribution >= 0.6 is 0 Å². The summed E-state index contributed by atoms with van der Waals surface area (Å²) in [4.78, 5) is 30.3. The van der Waals surface area contributed by atoms with Crippen molar-refractivity contribution in [2.75, 3.05) is 5.32 Å². The van der Waals surface area contributed by atoms with Gasteiger partial charge >= 0.3 is 5.97 Å². The first-order chi connectivity index (χ1) is 9.06. The standard InChI is InChI=1S/C13H11N3O3/c1-8-4-10(7-14-6-8)16-12(17)9-2-3-15-11(5-9)13(18)19/h2-7H,1H3,(H,16,17)(H,18,19). The van der Waals surface area contributed by atoms with Crippen LogP contribution in [0.4, 0.5) is 5.69 Å². The van der Waals surface area contributed by atoms with E-state index in [2.05, 4.69) is 15.3 Å². The molecule has 2 rings (SSSR count). The van der Waals surface area contributed by atoms with Gasteiger partial charge in [-0.25, -0.2) is 9.78 Å². The van der Waals surface area contributed by atoms with Crippen molar-refractivity contribution < 1.29 is 14.7 Å². The van der Waals surface area contributed by atoms with Crippen LogP contribution in [0.5, 0.6) is 0 Å². The van der Waals surface area contributed by atoms with Gasteiger partial charge in [0, 0.05) is 18.0 Å². The van der Waals surface area contributed by atoms with Gasteiger partial charge in [-0.05, 0) is 30.7 Å². The summed E-state index contributed by atoms with van der Waals surface area (Å²) in [5.74, 6) is -1.58. The normalized spacial score (nSPS) is 9.95. The third-order valence-electron chi connectivity index (χ3n) is 2.37. The predicted molar refractivity (Wildman–Crippen MR) is 68.1 cm³/mol. The van der Waals surface area contributed by atoms with Gasteiger partial charge < -0.3 is 10.4 Å². The summed E-state index contributed by atoms with van der Waals surface area (Å²) in [5.41, 5.74) is 1.53. The number of aromatic nitrogens is 2. The van der Waals surface area contributed by atoms with Gasteiger partial charge in [-0.2, -0.15) is 0 Å². The summed E-state index contributed by atoms with van der Waals surface area (Å²) in [5, 5.41) is 11.5. The molecule has 0 aliphatic carbocycles. The number of carboxylic acid groups (broad SMARTS) is 1. The third kappa shape index (κ3) is 3.12. The van der Waals surface area contributed by atoms with Crippen LogP contribution in [0.2, 0.25) is 0 Å². The van der Waals surface area contributed by atoms with Crippen molar-refractivity contribution in [3.63, 3.8) is 0 Å². The van der Waals surface area contributed by atoms with E-state index >= 15 is 0 Å². The molecular formula is C13H11N3O3. The first-order valence-corrected chi connectivity index (χ1v) is 5.48. The van der Waals surface area contributed by atoms with Crippen molar-refractivity contribution in [1.29, 1.82) is 0 Å². The lowest BCUT2D eigenvalue weighted by Crippen LogP contribution is -2.13. The lowest BCUT2D eigenvalue weighted by molar-refractivity contribution is 0.0690. The van der Waals surface area contributed by atoms with Gasteiger partial charge in [0.25, 0.3) is 5.91 Å². The average Bonchev–Trinajstić information content (AvgIpc) is 2.39. The maximum absolute atomic E-state index is 11.9. The van der Waals surface area contributed by atoms with E-state index in [0.29, 0.717) is 5.69 Å². The summed E-state index contributed by atoms with van der Waals surface area (Å²) >= 11 is 0. The van der Waals surface area contributed by atoms with Crippen molar-refractivity contribution in [3.8, 4) is 0 Å². The van der Waals surface area contributed by atoms with E-state index in [9.17, 15) is 9.59 Å². The van der Waals surface area contributed by atoms with Crippen LogP contribution in [0.3, 0.4) is 0 Å². The summed E-state index contributed by atoms with van der Waals surface area (Å²) in [6.45, 7) is 1.86. The van der Waals surface area contributed by atoms with Gasteiger partial charge in [0.05, 0.1) is 11.9 Å². The lowest BCUT2D eigenvalue weighted by atomic mass is 10.2. The Morgan fingerprint density at radius 2 is 2.05 bits per heavy atom. The molecule has 2 N–H and O–H groups in total. The van der Waals surface area contributed by atoms with Crippen LogP contribution < -0.4 is 5.32 Å². The second kappa shape index (κ2) is 5.26. The molecule has 0 atom stereocenters. The fraction of sp³-hybridized carbons (Fsp3) is 0.0769. The minimum Gasteiger partial charge on any atom is -0.477 e. The molecule has 6 heteroatoms. The molecule has 0 aromatic carbocycles. The largest absolute Gasteiger partial charge is 0.477 e. The highest BCUT2D eigenvalue weighted by molar-refractivity contribution is 6.05. The van der Waals surface area contributed by atoms with E-state index in [1.54, 1.807) is 12.3 Å². The Hall–Kier alpha value is -2.76. The van der Waals surface area contributed by atoms with Crippen molar-refractivity contribution in [1.82, 2.24) is 9.97 Å². The van der Waals surface area contributed by atoms with E-state index < -0.39 is 11.9 Å². The Bertz CT molecular complexity index is 641. The number of anilines is 1. The molecule has 0 spiro atoms. The molecule has 0 radical (unpaired) electrons. The molecule has 0 saturated carbocycles. The van der Waals surface area contributed by atoms with Crippen LogP contribution in [0.1, 0.15) is 26.4 Å². The Morgan fingerprint density at radius 3 is 2.74 bits per heavy atom. The average molecular weight is 257 g/mol. The molecule has 19 heavy (non-hydrogen) atoms. The van der Waals surface area contributed by atoms with E-state index in [-0.39, 0.29) is 11.3 Å². The number of carbonyl (C=O) groups is 2. The number of nitrogens with one attached hydrogen (secondary N) is 1. The van der Waals surface area contributed by atoms with Crippen LogP contribution in [0.25, 0.3) is 0 Å². The van der Waals surface area contributed by atoms with Gasteiger partial charge in [-0.3, -0.25) is 9.78 Å². The van der Waals surface area contributed by atoms with E-state index in [0.717, 1.165) is 5.56 Å². The number of aryl methyl sites for hydroxylation is 1. The van der Waals surface area contributed by atoms with E-state index in [4.69, 9.17) is 5.11 Å². The van der Waals surface area contributed by atoms with E-state index in [1.165, 1.54) is 24.5 Å². The van der Waals surface area contributed by atoms with Gasteiger partial charge in [0.2, 0.25) is 0 Å². The molecule has 0 saturated heterocycles. The summed E-state index contributed by atoms with van der Waals surface area (Å²) in [7, 11) is 0. The molecule has 6 nitrogen and oxygen atoms in total. The number of nitrogens with zero attached hydrogens (tertiary/aromatic N) is 2. The van der Waals surface area contributed by atoms with Gasteiger partial charge in [0.15, 0.2) is 0 Å². The molecule has 2 heterocycles. The number of carbonyl (C=O) groups excluding carboxylic acids is 1. The topological polar surface area (TPSA) is 92.2 Å². The Labute approximate surface area is 109 Å². The number of amides is 1. The number of hydrogen-bond donors (Lipinski definition) is 2. The fourth-order valence-electron chi connectivity index (χ4n) is 1.52. The number of carboxylic acids is 1. The zero-order valence-electron chi connectivity index (χ0n) is 10.1. The zero-order chi connectivity index (χ0) is 13.8. The number of aromatic carboxylic acids is 1. The second-order valence-electron chi connectivity index (χ2n) is 3.94. The molecule has 0 bridgehead atoms. The van der Waals surface area contributed by atoms with Crippen LogP contribution in [-0.2, 0) is 0 Å². The van der Waals surface area contributed by atoms with Crippen LogP contribution in [-0.4, -0.2) is 27.0 Å². The molecular weight excluding hydrogens is 246 g/mol. The first-order valence-electron chi connectivity index (χ1n) is 5.48. The number of rotatable bonds is 3. The molecule has 2 aromatic rings. The van der Waals surface area contributed by atoms with Crippen molar-refractivity contribution >= 4 is 17.6 Å². The van der Waals surface area contributed by atoms with Crippen LogP contribution in [0, 0.1) is 6.92 Å². The molecule has 0 fully saturated rings. The maximum atomic E-state index is 11.9. The third-order valence-corrected chi connectivity index (χ3v) is 2.37. The van der Waals surface area contributed by atoms with Crippen molar-refractivity contribution in [2.45, 2.75) is 6.92 Å². The highest BCUT2D eigenvalue weighted by Gasteiger charge is 2.11. The van der Waals surface area contributed by atoms with Gasteiger partial charge in [-0.15, -0.1) is 0 Å². The highest BCUT2D eigenvalue weighted by Crippen LogP contribution is 2.10. The smallest absolute Gasteiger partial charge is 0.354 e. The highest BCUT2D eigenvalue weighted by atomic mass is 16.4. The molecule has 96 valence electrons. The summed E-state index contributed by atoms with van der Waals surface area (Å²) < 4.78 is 0. The number of hydrogen-bond acceptors (Lipinski definition) is 4. The quantitative estimate of drug-likeness (QED) is 0.873. The molecule has 0 aliphatic heterocycles. The summed E-state index contributed by atoms with van der Waals surface area (Å²) in [6, 6.07) is 4.44. The Balaban J connectivity index is 2.20. The Morgan fingerprint density at radius 1 is 1.26 bits per heavy atom. The number of pyridine rings is 2. The molecule has 0 unspecified atom stereocenters. The second-order valence-corrected chi connectivity index (χ2v) is 3.94. The zero-order valence-corrected chi connectivity index (χ0v) is 10.1. The Kier molecular flexibility index (Phi) is 3.51. The SMILES string of the molecule is Cc1cncc(NC(=O)c2ccnc(C(=O)O)c2)c1. The first kappa shape index (κ1) is 12.7.